The molecule has 1 aromatic carbocycles. The molecule has 2 aliphatic rings. The Morgan fingerprint density at radius 2 is 2.23 bits per heavy atom. The highest BCUT2D eigenvalue weighted by atomic mass is 32.2. The van der Waals surface area contributed by atoms with Crippen LogP contribution in [0.4, 0.5) is 0 Å². The van der Waals surface area contributed by atoms with Gasteiger partial charge in [-0.25, -0.2) is 0 Å². The molecule has 1 amide bonds. The minimum absolute atomic E-state index is 0.201. The number of amides is 1. The van der Waals surface area contributed by atoms with E-state index in [9.17, 15) is 4.79 Å². The first-order valence-electron chi connectivity index (χ1n) is 8.16. The lowest BCUT2D eigenvalue weighted by Crippen LogP contribution is -2.44. The Morgan fingerprint density at radius 1 is 1.36 bits per heavy atom. The molecule has 1 aromatic rings. The van der Waals surface area contributed by atoms with Gasteiger partial charge >= 0.3 is 0 Å². The normalized spacial score (nSPS) is 26.0. The van der Waals surface area contributed by atoms with Crippen LogP contribution in [0.1, 0.15) is 18.4 Å². The number of hydrogen-bond acceptors (Lipinski definition) is 4. The van der Waals surface area contributed by atoms with Crippen molar-refractivity contribution < 1.29 is 4.79 Å². The topological polar surface area (TPSA) is 44.4 Å². The minimum atomic E-state index is 0.201. The lowest BCUT2D eigenvalue weighted by molar-refractivity contribution is -0.122. The standard InChI is InChI=1S/C17H25N3OS/c21-17(10-16-13-22-9-7-18-16)19-15-6-8-20(12-15)11-14-4-2-1-3-5-14/h1-5,15-16,18H,6-13H2,(H,19,21). The summed E-state index contributed by atoms with van der Waals surface area (Å²) in [5.41, 5.74) is 1.35. The third-order valence-electron chi connectivity index (χ3n) is 4.32. The quantitative estimate of drug-likeness (QED) is 0.863. The smallest absolute Gasteiger partial charge is 0.221 e. The number of likely N-dealkylation sites (tertiary alicyclic amines) is 1. The molecule has 4 nitrogen and oxygen atoms in total. The highest BCUT2D eigenvalue weighted by Crippen LogP contribution is 2.14. The van der Waals surface area contributed by atoms with Crippen molar-refractivity contribution in [2.24, 2.45) is 0 Å². The van der Waals surface area contributed by atoms with E-state index in [0.717, 1.165) is 44.1 Å². The van der Waals surface area contributed by atoms with Crippen molar-refractivity contribution >= 4 is 17.7 Å². The van der Waals surface area contributed by atoms with E-state index in [1.54, 1.807) is 0 Å². The van der Waals surface area contributed by atoms with Gasteiger partial charge in [0.1, 0.15) is 0 Å². The van der Waals surface area contributed by atoms with Crippen LogP contribution in [0.25, 0.3) is 0 Å². The van der Waals surface area contributed by atoms with Gasteiger partial charge in [-0.1, -0.05) is 30.3 Å². The average molecular weight is 319 g/mol. The van der Waals surface area contributed by atoms with Crippen molar-refractivity contribution in [3.05, 3.63) is 35.9 Å². The fraction of sp³-hybridized carbons (Fsp3) is 0.588. The number of rotatable bonds is 5. The number of carbonyl (C=O) groups excluding carboxylic acids is 1. The Balaban J connectivity index is 1.39. The van der Waals surface area contributed by atoms with E-state index in [-0.39, 0.29) is 5.91 Å². The van der Waals surface area contributed by atoms with Gasteiger partial charge in [-0.2, -0.15) is 11.8 Å². The molecule has 0 aromatic heterocycles. The molecule has 2 heterocycles. The first-order chi connectivity index (χ1) is 10.8. The van der Waals surface area contributed by atoms with Crippen LogP contribution in [0.5, 0.6) is 0 Å². The zero-order valence-electron chi connectivity index (χ0n) is 13.0. The van der Waals surface area contributed by atoms with Gasteiger partial charge in [-0.15, -0.1) is 0 Å². The van der Waals surface area contributed by atoms with Gasteiger partial charge in [0.05, 0.1) is 0 Å². The zero-order chi connectivity index (χ0) is 15.2. The minimum Gasteiger partial charge on any atom is -0.352 e. The maximum Gasteiger partial charge on any atom is 0.221 e. The summed E-state index contributed by atoms with van der Waals surface area (Å²) < 4.78 is 0. The van der Waals surface area contributed by atoms with Gasteiger partial charge in [0, 0.05) is 56.2 Å². The monoisotopic (exact) mass is 319 g/mol. The Bertz CT molecular complexity index is 476. The molecule has 2 unspecified atom stereocenters. The van der Waals surface area contributed by atoms with Crippen molar-refractivity contribution in [3.63, 3.8) is 0 Å². The number of nitrogens with zero attached hydrogens (tertiary/aromatic N) is 1. The second-order valence-corrected chi connectivity index (χ2v) is 7.35. The molecule has 2 saturated heterocycles. The van der Waals surface area contributed by atoms with E-state index in [1.165, 1.54) is 5.56 Å². The maximum atomic E-state index is 12.2. The number of hydrogen-bond donors (Lipinski definition) is 2. The second-order valence-electron chi connectivity index (χ2n) is 6.20. The maximum absolute atomic E-state index is 12.2. The zero-order valence-corrected chi connectivity index (χ0v) is 13.8. The first-order valence-corrected chi connectivity index (χ1v) is 9.32. The molecule has 120 valence electrons. The number of thioether (sulfide) groups is 1. The summed E-state index contributed by atoms with van der Waals surface area (Å²) in [6.45, 7) is 4.04. The van der Waals surface area contributed by atoms with Crippen LogP contribution in [-0.2, 0) is 11.3 Å². The molecule has 0 radical (unpaired) electrons. The van der Waals surface area contributed by atoms with E-state index in [0.29, 0.717) is 18.5 Å². The van der Waals surface area contributed by atoms with E-state index < -0.39 is 0 Å². The molecule has 22 heavy (non-hydrogen) atoms. The average Bonchev–Trinajstić information content (AvgIpc) is 2.96. The lowest BCUT2D eigenvalue weighted by atomic mass is 10.2. The van der Waals surface area contributed by atoms with Gasteiger partial charge in [-0.05, 0) is 12.0 Å². The summed E-state index contributed by atoms with van der Waals surface area (Å²) >= 11 is 1.94. The molecule has 0 saturated carbocycles. The second kappa shape index (κ2) is 7.99. The Labute approximate surface area is 137 Å². The molecule has 3 rings (SSSR count). The van der Waals surface area contributed by atoms with Crippen LogP contribution in [0.3, 0.4) is 0 Å². The third kappa shape index (κ3) is 4.73. The van der Waals surface area contributed by atoms with E-state index >= 15 is 0 Å². The summed E-state index contributed by atoms with van der Waals surface area (Å²) in [6.07, 6.45) is 1.67. The molecule has 5 heteroatoms. The van der Waals surface area contributed by atoms with Crippen LogP contribution in [0.15, 0.2) is 30.3 Å². The van der Waals surface area contributed by atoms with Crippen LogP contribution in [-0.4, -0.2) is 54.0 Å². The van der Waals surface area contributed by atoms with Crippen molar-refractivity contribution in [2.45, 2.75) is 31.5 Å². The molecule has 0 spiro atoms. The molecule has 0 bridgehead atoms. The van der Waals surface area contributed by atoms with Crippen LogP contribution in [0.2, 0.25) is 0 Å². The summed E-state index contributed by atoms with van der Waals surface area (Å²) in [5, 5.41) is 6.64. The molecule has 2 atom stereocenters. The van der Waals surface area contributed by atoms with Gasteiger partial charge in [0.15, 0.2) is 0 Å². The molecule has 2 fully saturated rings. The lowest BCUT2D eigenvalue weighted by Gasteiger charge is -2.23. The Hall–Kier alpha value is -1.04. The van der Waals surface area contributed by atoms with E-state index in [1.807, 2.05) is 17.8 Å². The Morgan fingerprint density at radius 3 is 3.00 bits per heavy atom. The van der Waals surface area contributed by atoms with Gasteiger partial charge in [0.2, 0.25) is 5.91 Å². The largest absolute Gasteiger partial charge is 0.352 e. The molecule has 0 aliphatic carbocycles. The van der Waals surface area contributed by atoms with Gasteiger partial charge in [0.25, 0.3) is 0 Å². The van der Waals surface area contributed by atoms with E-state index in [4.69, 9.17) is 0 Å². The van der Waals surface area contributed by atoms with Gasteiger partial charge < -0.3 is 10.6 Å². The number of carbonyl (C=O) groups is 1. The van der Waals surface area contributed by atoms with E-state index in [2.05, 4.69) is 39.8 Å². The highest BCUT2D eigenvalue weighted by Gasteiger charge is 2.25. The van der Waals surface area contributed by atoms with Crippen molar-refractivity contribution in [1.82, 2.24) is 15.5 Å². The van der Waals surface area contributed by atoms with Crippen LogP contribution in [0, 0.1) is 0 Å². The molecular weight excluding hydrogens is 294 g/mol. The summed E-state index contributed by atoms with van der Waals surface area (Å²) in [4.78, 5) is 14.6. The third-order valence-corrected chi connectivity index (χ3v) is 5.45. The number of nitrogens with one attached hydrogen (secondary N) is 2. The highest BCUT2D eigenvalue weighted by molar-refractivity contribution is 7.99. The fourth-order valence-electron chi connectivity index (χ4n) is 3.20. The summed E-state index contributed by atoms with van der Waals surface area (Å²) in [6, 6.07) is 11.2. The SMILES string of the molecule is O=C(CC1CSCCN1)NC1CCN(Cc2ccccc2)C1. The van der Waals surface area contributed by atoms with Gasteiger partial charge in [-0.3, -0.25) is 9.69 Å². The van der Waals surface area contributed by atoms with Crippen LogP contribution >= 0.6 is 11.8 Å². The summed E-state index contributed by atoms with van der Waals surface area (Å²) in [5.74, 6) is 2.42. The number of benzene rings is 1. The first kappa shape index (κ1) is 15.8. The summed E-state index contributed by atoms with van der Waals surface area (Å²) in [7, 11) is 0. The fourth-order valence-corrected chi connectivity index (χ4v) is 4.15. The predicted octanol–water partition coefficient (Wildman–Crippen LogP) is 1.47. The molecular formula is C17H25N3OS. The Kier molecular flexibility index (Phi) is 5.76. The molecule has 2 N–H and O–H groups in total. The van der Waals surface area contributed by atoms with Crippen molar-refractivity contribution in [1.29, 1.82) is 0 Å². The van der Waals surface area contributed by atoms with Crippen LogP contribution < -0.4 is 10.6 Å². The predicted molar refractivity (Wildman–Crippen MR) is 92.0 cm³/mol. The molecule has 2 aliphatic heterocycles. The van der Waals surface area contributed by atoms with Crippen molar-refractivity contribution in [3.8, 4) is 0 Å². The van der Waals surface area contributed by atoms with Crippen molar-refractivity contribution in [2.75, 3.05) is 31.1 Å².